The van der Waals surface area contributed by atoms with E-state index in [-0.39, 0.29) is 11.3 Å². The van der Waals surface area contributed by atoms with Crippen molar-refractivity contribution in [1.82, 2.24) is 20.1 Å². The molecule has 2 aromatic carbocycles. The summed E-state index contributed by atoms with van der Waals surface area (Å²) in [5.41, 5.74) is 2.07. The van der Waals surface area contributed by atoms with Crippen molar-refractivity contribution in [1.29, 1.82) is 0 Å². The van der Waals surface area contributed by atoms with Gasteiger partial charge in [-0.25, -0.2) is 4.98 Å². The molecule has 0 aliphatic rings. The molecule has 0 radical (unpaired) electrons. The summed E-state index contributed by atoms with van der Waals surface area (Å²) < 4.78 is 1.66. The predicted molar refractivity (Wildman–Crippen MR) is 97.0 cm³/mol. The fourth-order valence-corrected chi connectivity index (χ4v) is 2.91. The molecule has 1 aromatic heterocycles. The van der Waals surface area contributed by atoms with Crippen LogP contribution in [0.3, 0.4) is 0 Å². The SMILES string of the molecule is CC(CNC(=O)CCn1cncn1)(c1ccccc1)c1ccccc1. The molecule has 0 aliphatic heterocycles. The highest BCUT2D eigenvalue weighted by molar-refractivity contribution is 5.76. The maximum Gasteiger partial charge on any atom is 0.221 e. The minimum Gasteiger partial charge on any atom is -0.355 e. The van der Waals surface area contributed by atoms with Gasteiger partial charge in [0.2, 0.25) is 5.91 Å². The molecule has 1 amide bonds. The highest BCUT2D eigenvalue weighted by Crippen LogP contribution is 2.31. The lowest BCUT2D eigenvalue weighted by molar-refractivity contribution is -0.121. The second-order valence-corrected chi connectivity index (χ2v) is 6.25. The zero-order chi connectivity index (χ0) is 17.5. The van der Waals surface area contributed by atoms with E-state index < -0.39 is 0 Å². The Morgan fingerprint density at radius 3 is 2.16 bits per heavy atom. The van der Waals surface area contributed by atoms with Crippen molar-refractivity contribution in [2.45, 2.75) is 25.3 Å². The highest BCUT2D eigenvalue weighted by Gasteiger charge is 2.29. The lowest BCUT2D eigenvalue weighted by Gasteiger charge is -2.31. The van der Waals surface area contributed by atoms with Crippen LogP contribution in [-0.2, 0) is 16.8 Å². The van der Waals surface area contributed by atoms with Crippen LogP contribution in [0.4, 0.5) is 0 Å². The molecular weight excluding hydrogens is 312 g/mol. The standard InChI is InChI=1S/C20H22N4O/c1-20(17-8-4-2-5-9-17,18-10-6-3-7-11-18)14-22-19(25)12-13-24-16-21-15-23-24/h2-11,15-16H,12-14H2,1H3,(H,22,25). The predicted octanol–water partition coefficient (Wildman–Crippen LogP) is 2.79. The van der Waals surface area contributed by atoms with E-state index in [9.17, 15) is 4.79 Å². The van der Waals surface area contributed by atoms with Crippen molar-refractivity contribution in [2.75, 3.05) is 6.54 Å². The molecule has 0 fully saturated rings. The molecule has 128 valence electrons. The molecule has 5 nitrogen and oxygen atoms in total. The van der Waals surface area contributed by atoms with Gasteiger partial charge < -0.3 is 5.32 Å². The van der Waals surface area contributed by atoms with Crippen LogP contribution in [0.1, 0.15) is 24.5 Å². The smallest absolute Gasteiger partial charge is 0.221 e. The van der Waals surface area contributed by atoms with Crippen molar-refractivity contribution in [3.63, 3.8) is 0 Å². The molecule has 0 atom stereocenters. The van der Waals surface area contributed by atoms with Gasteiger partial charge in [0.1, 0.15) is 12.7 Å². The second-order valence-electron chi connectivity index (χ2n) is 6.25. The van der Waals surface area contributed by atoms with Crippen LogP contribution >= 0.6 is 0 Å². The summed E-state index contributed by atoms with van der Waals surface area (Å²) in [4.78, 5) is 16.2. The summed E-state index contributed by atoms with van der Waals surface area (Å²) in [6, 6.07) is 20.6. The van der Waals surface area contributed by atoms with Crippen LogP contribution in [0, 0.1) is 0 Å². The van der Waals surface area contributed by atoms with E-state index in [1.165, 1.54) is 17.5 Å². The molecule has 0 bridgehead atoms. The van der Waals surface area contributed by atoms with Crippen LogP contribution in [0.2, 0.25) is 0 Å². The average molecular weight is 334 g/mol. The van der Waals surface area contributed by atoms with E-state index in [2.05, 4.69) is 46.6 Å². The van der Waals surface area contributed by atoms with Crippen LogP contribution in [0.15, 0.2) is 73.3 Å². The lowest BCUT2D eigenvalue weighted by atomic mass is 9.76. The molecule has 5 heteroatoms. The van der Waals surface area contributed by atoms with Crippen molar-refractivity contribution in [3.8, 4) is 0 Å². The quantitative estimate of drug-likeness (QED) is 0.723. The molecule has 25 heavy (non-hydrogen) atoms. The number of rotatable bonds is 7. The normalized spacial score (nSPS) is 11.2. The molecule has 3 rings (SSSR count). The number of carbonyl (C=O) groups is 1. The van der Waals surface area contributed by atoms with Crippen LogP contribution in [0.25, 0.3) is 0 Å². The van der Waals surface area contributed by atoms with E-state index in [1.807, 2.05) is 36.4 Å². The highest BCUT2D eigenvalue weighted by atomic mass is 16.1. The summed E-state index contributed by atoms with van der Waals surface area (Å²) in [6.07, 6.45) is 3.47. The van der Waals surface area contributed by atoms with Gasteiger partial charge in [-0.15, -0.1) is 0 Å². The zero-order valence-corrected chi connectivity index (χ0v) is 14.3. The Morgan fingerprint density at radius 1 is 1.04 bits per heavy atom. The van der Waals surface area contributed by atoms with Crippen molar-refractivity contribution >= 4 is 5.91 Å². The first-order valence-corrected chi connectivity index (χ1v) is 8.39. The molecule has 1 N–H and O–H groups in total. The van der Waals surface area contributed by atoms with E-state index >= 15 is 0 Å². The summed E-state index contributed by atoms with van der Waals surface area (Å²) in [7, 11) is 0. The molecule has 0 saturated carbocycles. The molecular formula is C20H22N4O. The van der Waals surface area contributed by atoms with Gasteiger partial charge in [-0.2, -0.15) is 5.10 Å². The molecule has 3 aromatic rings. The minimum absolute atomic E-state index is 0.00795. The minimum atomic E-state index is -0.286. The fourth-order valence-electron chi connectivity index (χ4n) is 2.91. The first-order chi connectivity index (χ1) is 12.2. The number of benzene rings is 2. The second kappa shape index (κ2) is 7.75. The first-order valence-electron chi connectivity index (χ1n) is 8.39. The van der Waals surface area contributed by atoms with Gasteiger partial charge in [0.05, 0.1) is 6.54 Å². The van der Waals surface area contributed by atoms with Crippen LogP contribution in [0.5, 0.6) is 0 Å². The molecule has 0 saturated heterocycles. The van der Waals surface area contributed by atoms with E-state index in [1.54, 1.807) is 11.0 Å². The third-order valence-electron chi connectivity index (χ3n) is 4.50. The molecule has 0 unspecified atom stereocenters. The number of nitrogens with one attached hydrogen (secondary N) is 1. The maximum atomic E-state index is 12.3. The summed E-state index contributed by atoms with van der Waals surface area (Å²) >= 11 is 0. The average Bonchev–Trinajstić information content (AvgIpc) is 3.19. The zero-order valence-electron chi connectivity index (χ0n) is 14.3. The topological polar surface area (TPSA) is 59.8 Å². The summed E-state index contributed by atoms with van der Waals surface area (Å²) in [5, 5.41) is 7.10. The van der Waals surface area contributed by atoms with Crippen LogP contribution < -0.4 is 5.32 Å². The van der Waals surface area contributed by atoms with Gasteiger partial charge in [0.15, 0.2) is 0 Å². The van der Waals surface area contributed by atoms with Gasteiger partial charge in [-0.3, -0.25) is 9.48 Å². The van der Waals surface area contributed by atoms with Crippen molar-refractivity contribution in [3.05, 3.63) is 84.4 Å². The Labute approximate surface area is 147 Å². The number of amides is 1. The van der Waals surface area contributed by atoms with Gasteiger partial charge in [0.25, 0.3) is 0 Å². The number of hydrogen-bond acceptors (Lipinski definition) is 3. The first kappa shape index (κ1) is 16.9. The van der Waals surface area contributed by atoms with E-state index in [0.29, 0.717) is 19.5 Å². The van der Waals surface area contributed by atoms with E-state index in [0.717, 1.165) is 0 Å². The summed E-state index contributed by atoms with van der Waals surface area (Å²) in [6.45, 7) is 3.23. The van der Waals surface area contributed by atoms with Gasteiger partial charge in [-0.05, 0) is 18.1 Å². The molecule has 0 spiro atoms. The maximum absolute atomic E-state index is 12.3. The Morgan fingerprint density at radius 2 is 1.64 bits per heavy atom. The van der Waals surface area contributed by atoms with Gasteiger partial charge >= 0.3 is 0 Å². The third-order valence-corrected chi connectivity index (χ3v) is 4.50. The Hall–Kier alpha value is -2.95. The molecule has 0 aliphatic carbocycles. The third kappa shape index (κ3) is 4.12. The van der Waals surface area contributed by atoms with E-state index in [4.69, 9.17) is 0 Å². The molecule has 1 heterocycles. The number of aromatic nitrogens is 3. The Balaban J connectivity index is 1.71. The summed E-state index contributed by atoms with van der Waals surface area (Å²) in [5.74, 6) is 0.00795. The fraction of sp³-hybridized carbons (Fsp3) is 0.250. The van der Waals surface area contributed by atoms with Crippen molar-refractivity contribution in [2.24, 2.45) is 0 Å². The van der Waals surface area contributed by atoms with Crippen molar-refractivity contribution < 1.29 is 4.79 Å². The van der Waals surface area contributed by atoms with Gasteiger partial charge in [0, 0.05) is 18.4 Å². The monoisotopic (exact) mass is 334 g/mol. The number of nitrogens with zero attached hydrogens (tertiary/aromatic N) is 3. The van der Waals surface area contributed by atoms with Gasteiger partial charge in [-0.1, -0.05) is 60.7 Å². The number of aryl methyl sites for hydroxylation is 1. The Kier molecular flexibility index (Phi) is 5.23. The largest absolute Gasteiger partial charge is 0.355 e. The Bertz CT molecular complexity index is 746. The number of carbonyl (C=O) groups excluding carboxylic acids is 1. The lowest BCUT2D eigenvalue weighted by Crippen LogP contribution is -2.39. The van der Waals surface area contributed by atoms with Crippen LogP contribution in [-0.4, -0.2) is 27.2 Å². The number of hydrogen-bond donors (Lipinski definition) is 1.